The zero-order chi connectivity index (χ0) is 18.1. The van der Waals surface area contributed by atoms with Crippen LogP contribution in [0, 0.1) is 0 Å². The molecule has 0 bridgehead atoms. The van der Waals surface area contributed by atoms with Gasteiger partial charge in [-0.1, -0.05) is 0 Å². The summed E-state index contributed by atoms with van der Waals surface area (Å²) in [5, 5.41) is 9.12. The molecule has 0 spiro atoms. The van der Waals surface area contributed by atoms with Crippen LogP contribution in [0.4, 0.5) is 0 Å². The number of carbonyl (C=O) groups excluding carboxylic acids is 1. The number of aromatic amines is 1. The lowest BCUT2D eigenvalue weighted by Crippen LogP contribution is -2.25. The number of rotatable bonds is 6. The molecule has 0 radical (unpaired) electrons. The average Bonchev–Trinajstić information content (AvgIpc) is 3.32. The highest BCUT2D eigenvalue weighted by Gasteiger charge is 2.16. The Morgan fingerprint density at radius 2 is 2.31 bits per heavy atom. The van der Waals surface area contributed by atoms with Crippen molar-refractivity contribution in [2.24, 2.45) is 5.73 Å². The van der Waals surface area contributed by atoms with Gasteiger partial charge in [0.05, 0.1) is 24.6 Å². The van der Waals surface area contributed by atoms with E-state index in [1.165, 1.54) is 0 Å². The highest BCUT2D eigenvalue weighted by Crippen LogP contribution is 2.28. The first-order valence-electron chi connectivity index (χ1n) is 8.51. The molecule has 134 valence electrons. The van der Waals surface area contributed by atoms with Crippen molar-refractivity contribution < 1.29 is 9.21 Å². The van der Waals surface area contributed by atoms with Gasteiger partial charge in [-0.25, -0.2) is 4.98 Å². The van der Waals surface area contributed by atoms with Crippen LogP contribution in [0.15, 0.2) is 41.3 Å². The molecule has 0 fully saturated rings. The molecular formula is C18H20N6O2. The maximum absolute atomic E-state index is 12.4. The zero-order valence-corrected chi connectivity index (χ0v) is 14.4. The SMILES string of the molecule is C[C@H](N)Cn1ncc2ccc3oc(C(=O)NCCc4cnc[nH]4)cc3c21. The monoisotopic (exact) mass is 352 g/mol. The van der Waals surface area contributed by atoms with Gasteiger partial charge in [0.15, 0.2) is 5.76 Å². The summed E-state index contributed by atoms with van der Waals surface area (Å²) in [4.78, 5) is 19.4. The van der Waals surface area contributed by atoms with E-state index >= 15 is 0 Å². The quantitative estimate of drug-likeness (QED) is 0.490. The van der Waals surface area contributed by atoms with Gasteiger partial charge in [0.2, 0.25) is 0 Å². The van der Waals surface area contributed by atoms with E-state index in [9.17, 15) is 4.79 Å². The summed E-state index contributed by atoms with van der Waals surface area (Å²) < 4.78 is 7.61. The number of carbonyl (C=O) groups is 1. The number of nitrogens with zero attached hydrogens (tertiary/aromatic N) is 3. The normalized spacial score (nSPS) is 12.7. The number of aromatic nitrogens is 4. The van der Waals surface area contributed by atoms with E-state index in [0.717, 1.165) is 22.0 Å². The second kappa shape index (κ2) is 6.64. The van der Waals surface area contributed by atoms with Crippen LogP contribution in [0.2, 0.25) is 0 Å². The second-order valence-electron chi connectivity index (χ2n) is 6.41. The molecule has 1 amide bonds. The highest BCUT2D eigenvalue weighted by molar-refractivity contribution is 6.06. The lowest BCUT2D eigenvalue weighted by Gasteiger charge is -2.06. The van der Waals surface area contributed by atoms with Crippen LogP contribution in [0.1, 0.15) is 23.2 Å². The predicted molar refractivity (Wildman–Crippen MR) is 97.8 cm³/mol. The first-order chi connectivity index (χ1) is 12.6. The third-order valence-corrected chi connectivity index (χ3v) is 4.22. The minimum Gasteiger partial charge on any atom is -0.451 e. The van der Waals surface area contributed by atoms with Crippen molar-refractivity contribution in [1.82, 2.24) is 25.1 Å². The highest BCUT2D eigenvalue weighted by atomic mass is 16.3. The van der Waals surface area contributed by atoms with Gasteiger partial charge in [-0.3, -0.25) is 9.48 Å². The van der Waals surface area contributed by atoms with Gasteiger partial charge < -0.3 is 20.5 Å². The van der Waals surface area contributed by atoms with E-state index in [4.69, 9.17) is 10.2 Å². The van der Waals surface area contributed by atoms with Crippen molar-refractivity contribution in [3.8, 4) is 0 Å². The Morgan fingerprint density at radius 1 is 1.42 bits per heavy atom. The summed E-state index contributed by atoms with van der Waals surface area (Å²) in [5.74, 6) is 0.0396. The molecule has 8 nitrogen and oxygen atoms in total. The van der Waals surface area contributed by atoms with E-state index in [1.807, 2.05) is 23.7 Å². The number of hydrogen-bond acceptors (Lipinski definition) is 5. The zero-order valence-electron chi connectivity index (χ0n) is 14.4. The standard InChI is InChI=1S/C18H20N6O2/c1-11(19)9-24-17-12(7-23-24)2-3-15-14(17)6-16(26-15)18(25)21-5-4-13-8-20-10-22-13/h2-3,6-8,10-11H,4-5,9,19H2,1H3,(H,20,22)(H,21,25)/t11-/m0/s1. The van der Waals surface area contributed by atoms with Gasteiger partial charge in [-0.15, -0.1) is 0 Å². The first-order valence-corrected chi connectivity index (χ1v) is 8.51. The summed E-state index contributed by atoms with van der Waals surface area (Å²) in [6.07, 6.45) is 5.84. The Labute approximate surface area is 149 Å². The number of H-pyrrole nitrogens is 1. The molecule has 4 rings (SSSR count). The molecule has 0 aliphatic carbocycles. The number of fused-ring (bicyclic) bond motifs is 3. The topological polar surface area (TPSA) is 115 Å². The van der Waals surface area contributed by atoms with Gasteiger partial charge in [-0.2, -0.15) is 5.10 Å². The lowest BCUT2D eigenvalue weighted by molar-refractivity contribution is 0.0928. The number of furan rings is 1. The van der Waals surface area contributed by atoms with Crippen molar-refractivity contribution in [3.63, 3.8) is 0 Å². The minimum absolute atomic E-state index is 0.0227. The van der Waals surface area contributed by atoms with Gasteiger partial charge >= 0.3 is 0 Å². The van der Waals surface area contributed by atoms with Crippen LogP contribution in [-0.2, 0) is 13.0 Å². The Balaban J connectivity index is 1.59. The number of amides is 1. The third-order valence-electron chi connectivity index (χ3n) is 4.22. The fourth-order valence-corrected chi connectivity index (χ4v) is 3.04. The van der Waals surface area contributed by atoms with Crippen LogP contribution < -0.4 is 11.1 Å². The minimum atomic E-state index is -0.243. The average molecular weight is 352 g/mol. The Kier molecular flexibility index (Phi) is 4.18. The third kappa shape index (κ3) is 3.06. The van der Waals surface area contributed by atoms with Crippen molar-refractivity contribution in [2.75, 3.05) is 6.54 Å². The molecular weight excluding hydrogens is 332 g/mol. The van der Waals surface area contributed by atoms with Crippen molar-refractivity contribution in [3.05, 3.63) is 48.4 Å². The van der Waals surface area contributed by atoms with E-state index in [1.54, 1.807) is 24.8 Å². The summed E-state index contributed by atoms with van der Waals surface area (Å²) in [7, 11) is 0. The molecule has 1 aromatic carbocycles. The van der Waals surface area contributed by atoms with Crippen molar-refractivity contribution >= 4 is 27.8 Å². The maximum Gasteiger partial charge on any atom is 0.287 e. The lowest BCUT2D eigenvalue weighted by atomic mass is 10.2. The smallest absolute Gasteiger partial charge is 0.287 e. The summed E-state index contributed by atoms with van der Waals surface area (Å²) in [5.41, 5.74) is 8.47. The molecule has 3 aromatic heterocycles. The van der Waals surface area contributed by atoms with Crippen LogP contribution in [-0.4, -0.2) is 38.2 Å². The van der Waals surface area contributed by atoms with E-state index in [0.29, 0.717) is 25.1 Å². The number of benzene rings is 1. The first kappa shape index (κ1) is 16.3. The molecule has 26 heavy (non-hydrogen) atoms. The van der Waals surface area contributed by atoms with E-state index in [2.05, 4.69) is 20.4 Å². The van der Waals surface area contributed by atoms with Crippen LogP contribution in [0.3, 0.4) is 0 Å². The van der Waals surface area contributed by atoms with Gasteiger partial charge in [0, 0.05) is 41.7 Å². The molecule has 8 heteroatoms. The van der Waals surface area contributed by atoms with Crippen LogP contribution in [0.5, 0.6) is 0 Å². The van der Waals surface area contributed by atoms with Crippen LogP contribution >= 0.6 is 0 Å². The number of hydrogen-bond donors (Lipinski definition) is 3. The Hall–Kier alpha value is -3.13. The van der Waals surface area contributed by atoms with E-state index in [-0.39, 0.29) is 17.7 Å². The molecule has 0 saturated heterocycles. The van der Waals surface area contributed by atoms with Gasteiger partial charge in [0.25, 0.3) is 5.91 Å². The molecule has 0 aliphatic heterocycles. The number of nitrogens with one attached hydrogen (secondary N) is 2. The largest absolute Gasteiger partial charge is 0.451 e. The van der Waals surface area contributed by atoms with E-state index < -0.39 is 0 Å². The fourth-order valence-electron chi connectivity index (χ4n) is 3.04. The number of imidazole rings is 1. The van der Waals surface area contributed by atoms with Crippen molar-refractivity contribution in [2.45, 2.75) is 25.9 Å². The molecule has 0 saturated carbocycles. The molecule has 4 aromatic rings. The predicted octanol–water partition coefficient (Wildman–Crippen LogP) is 1.83. The van der Waals surface area contributed by atoms with Gasteiger partial charge in [-0.05, 0) is 25.1 Å². The summed E-state index contributed by atoms with van der Waals surface area (Å²) in [6.45, 7) is 3.02. The molecule has 1 atom stereocenters. The Bertz CT molecular complexity index is 1040. The van der Waals surface area contributed by atoms with Crippen LogP contribution in [0.25, 0.3) is 21.9 Å². The molecule has 4 N–H and O–H groups in total. The van der Waals surface area contributed by atoms with Gasteiger partial charge in [0.1, 0.15) is 5.58 Å². The van der Waals surface area contributed by atoms with Crippen molar-refractivity contribution in [1.29, 1.82) is 0 Å². The summed E-state index contributed by atoms with van der Waals surface area (Å²) in [6, 6.07) is 5.54. The number of nitrogens with two attached hydrogens (primary N) is 1. The maximum atomic E-state index is 12.4. The fraction of sp³-hybridized carbons (Fsp3) is 0.278. The molecule has 3 heterocycles. The molecule has 0 unspecified atom stereocenters. The second-order valence-corrected chi connectivity index (χ2v) is 6.41. The summed E-state index contributed by atoms with van der Waals surface area (Å²) >= 11 is 0. The molecule has 0 aliphatic rings. The Morgan fingerprint density at radius 3 is 3.08 bits per heavy atom.